The molecule has 0 amide bonds. The molecule has 102 valence electrons. The van der Waals surface area contributed by atoms with Crippen LogP contribution < -0.4 is 10.1 Å². The predicted octanol–water partition coefficient (Wildman–Crippen LogP) is 2.99. The summed E-state index contributed by atoms with van der Waals surface area (Å²) in [4.78, 5) is 0. The van der Waals surface area contributed by atoms with Crippen LogP contribution in [0.1, 0.15) is 32.8 Å². The average Bonchev–Trinajstić information content (AvgIpc) is 2.35. The Kier molecular flexibility index (Phi) is 5.93. The van der Waals surface area contributed by atoms with Crippen LogP contribution in [-0.2, 0) is 6.54 Å². The molecule has 0 aromatic heterocycles. The van der Waals surface area contributed by atoms with Crippen molar-refractivity contribution in [3.05, 3.63) is 28.8 Å². The second-order valence-corrected chi connectivity index (χ2v) is 5.05. The van der Waals surface area contributed by atoms with Crippen molar-refractivity contribution in [2.24, 2.45) is 0 Å². The van der Waals surface area contributed by atoms with Gasteiger partial charge in [0.25, 0.3) is 0 Å². The number of para-hydroxylation sites is 1. The van der Waals surface area contributed by atoms with Gasteiger partial charge >= 0.3 is 0 Å². The van der Waals surface area contributed by atoms with Gasteiger partial charge in [-0.1, -0.05) is 37.6 Å². The lowest BCUT2D eigenvalue weighted by molar-refractivity contribution is 0.00820. The van der Waals surface area contributed by atoms with Gasteiger partial charge in [0.2, 0.25) is 0 Å². The van der Waals surface area contributed by atoms with Crippen LogP contribution in [0.15, 0.2) is 18.2 Å². The highest BCUT2D eigenvalue weighted by molar-refractivity contribution is 6.32. The average molecular weight is 272 g/mol. The normalized spacial score (nSPS) is 14.3. The first-order chi connectivity index (χ1) is 8.50. The number of benzene rings is 1. The predicted molar refractivity (Wildman–Crippen MR) is 75.2 cm³/mol. The highest BCUT2D eigenvalue weighted by Crippen LogP contribution is 2.29. The molecule has 18 heavy (non-hydrogen) atoms. The van der Waals surface area contributed by atoms with Crippen LogP contribution in [0, 0.1) is 0 Å². The van der Waals surface area contributed by atoms with Crippen molar-refractivity contribution in [1.29, 1.82) is 0 Å². The molecule has 1 unspecified atom stereocenters. The lowest BCUT2D eigenvalue weighted by Gasteiger charge is -2.23. The van der Waals surface area contributed by atoms with Crippen LogP contribution in [0.3, 0.4) is 0 Å². The maximum absolute atomic E-state index is 9.96. The zero-order valence-electron chi connectivity index (χ0n) is 11.3. The largest absolute Gasteiger partial charge is 0.489 e. The number of nitrogens with one attached hydrogen (secondary N) is 1. The molecule has 3 nitrogen and oxygen atoms in total. The highest BCUT2D eigenvalue weighted by Gasteiger charge is 2.20. The van der Waals surface area contributed by atoms with Gasteiger partial charge in [-0.15, -0.1) is 0 Å². The van der Waals surface area contributed by atoms with Gasteiger partial charge in [0.1, 0.15) is 12.4 Å². The third-order valence-electron chi connectivity index (χ3n) is 2.90. The van der Waals surface area contributed by atoms with Crippen molar-refractivity contribution in [2.45, 2.75) is 39.3 Å². The van der Waals surface area contributed by atoms with E-state index in [0.29, 0.717) is 23.7 Å². The van der Waals surface area contributed by atoms with E-state index in [9.17, 15) is 5.11 Å². The number of ether oxygens (including phenoxy) is 1. The van der Waals surface area contributed by atoms with Gasteiger partial charge in [0.05, 0.1) is 10.6 Å². The molecule has 0 spiro atoms. The molecule has 4 heteroatoms. The Morgan fingerprint density at radius 2 is 2.11 bits per heavy atom. The van der Waals surface area contributed by atoms with Gasteiger partial charge in [-0.2, -0.15) is 0 Å². The Balaban J connectivity index is 2.79. The first kappa shape index (κ1) is 15.3. The molecule has 0 aliphatic heterocycles. The summed E-state index contributed by atoms with van der Waals surface area (Å²) < 4.78 is 5.70. The minimum absolute atomic E-state index is 0.242. The fourth-order valence-electron chi connectivity index (χ4n) is 1.44. The molecule has 1 atom stereocenters. The number of hydrogen-bond acceptors (Lipinski definition) is 3. The van der Waals surface area contributed by atoms with E-state index in [4.69, 9.17) is 16.3 Å². The second-order valence-electron chi connectivity index (χ2n) is 4.65. The van der Waals surface area contributed by atoms with Gasteiger partial charge in [0.15, 0.2) is 0 Å². The van der Waals surface area contributed by atoms with Gasteiger partial charge in [-0.25, -0.2) is 0 Å². The second kappa shape index (κ2) is 6.98. The summed E-state index contributed by atoms with van der Waals surface area (Å²) in [6.45, 7) is 7.57. The van der Waals surface area contributed by atoms with Crippen LogP contribution in [-0.4, -0.2) is 23.9 Å². The Hall–Kier alpha value is -0.770. The number of hydrogen-bond donors (Lipinski definition) is 2. The zero-order valence-corrected chi connectivity index (χ0v) is 12.0. The quantitative estimate of drug-likeness (QED) is 0.801. The van der Waals surface area contributed by atoms with E-state index in [0.717, 1.165) is 12.1 Å². The molecule has 0 aliphatic carbocycles. The zero-order chi connectivity index (χ0) is 13.6. The summed E-state index contributed by atoms with van der Waals surface area (Å²) in [6, 6.07) is 5.68. The maximum Gasteiger partial charge on any atom is 0.142 e. The molecule has 0 aliphatic rings. The minimum Gasteiger partial charge on any atom is -0.489 e. The highest BCUT2D eigenvalue weighted by atomic mass is 35.5. The fraction of sp³-hybridized carbons (Fsp3) is 0.571. The summed E-state index contributed by atoms with van der Waals surface area (Å²) in [6.07, 6.45) is 0.639. The number of rotatable bonds is 7. The first-order valence-corrected chi connectivity index (χ1v) is 6.71. The third kappa shape index (κ3) is 4.48. The molecule has 0 radical (unpaired) electrons. The van der Waals surface area contributed by atoms with Crippen molar-refractivity contribution in [2.75, 3.05) is 13.2 Å². The van der Waals surface area contributed by atoms with Gasteiger partial charge in [-0.3, -0.25) is 0 Å². The van der Waals surface area contributed by atoms with E-state index < -0.39 is 5.60 Å². The van der Waals surface area contributed by atoms with Gasteiger partial charge < -0.3 is 15.2 Å². The number of halogens is 1. The molecule has 1 aromatic carbocycles. The Morgan fingerprint density at radius 3 is 2.72 bits per heavy atom. The molecule has 0 saturated heterocycles. The summed E-state index contributed by atoms with van der Waals surface area (Å²) in [5.74, 6) is 0.661. The van der Waals surface area contributed by atoms with Crippen molar-refractivity contribution in [3.8, 4) is 5.75 Å². The first-order valence-electron chi connectivity index (χ1n) is 6.33. The van der Waals surface area contributed by atoms with Gasteiger partial charge in [-0.05, 0) is 26.0 Å². The van der Waals surface area contributed by atoms with Crippen LogP contribution in [0.4, 0.5) is 0 Å². The molecular formula is C14H22ClNO2. The van der Waals surface area contributed by atoms with E-state index in [-0.39, 0.29) is 6.61 Å². The van der Waals surface area contributed by atoms with E-state index in [1.165, 1.54) is 0 Å². The summed E-state index contributed by atoms with van der Waals surface area (Å²) in [5, 5.41) is 13.8. The molecule has 0 heterocycles. The summed E-state index contributed by atoms with van der Waals surface area (Å²) in [5.41, 5.74) is 0.186. The monoisotopic (exact) mass is 271 g/mol. The van der Waals surface area contributed by atoms with Crippen molar-refractivity contribution in [1.82, 2.24) is 5.32 Å². The van der Waals surface area contributed by atoms with Crippen molar-refractivity contribution >= 4 is 11.6 Å². The van der Waals surface area contributed by atoms with E-state index in [1.807, 2.05) is 26.0 Å². The topological polar surface area (TPSA) is 41.5 Å². The maximum atomic E-state index is 9.96. The smallest absolute Gasteiger partial charge is 0.142 e. The van der Waals surface area contributed by atoms with Crippen LogP contribution in [0.2, 0.25) is 5.02 Å². The Bertz CT molecular complexity index is 380. The molecule has 2 N–H and O–H groups in total. The molecule has 0 bridgehead atoms. The lowest BCUT2D eigenvalue weighted by Crippen LogP contribution is -2.31. The molecule has 0 saturated carbocycles. The molecule has 0 fully saturated rings. The van der Waals surface area contributed by atoms with Crippen molar-refractivity contribution < 1.29 is 9.84 Å². The molecular weight excluding hydrogens is 250 g/mol. The SMILES string of the molecule is CCNCc1cccc(Cl)c1OCC(C)(O)CC. The third-order valence-corrected chi connectivity index (χ3v) is 3.20. The molecule has 1 rings (SSSR count). The standard InChI is InChI=1S/C14H22ClNO2/c1-4-14(3,17)10-18-13-11(9-16-5-2)7-6-8-12(13)15/h6-8,16-17H,4-5,9-10H2,1-3H3. The van der Waals surface area contributed by atoms with Crippen LogP contribution in [0.5, 0.6) is 5.75 Å². The minimum atomic E-state index is -0.825. The van der Waals surface area contributed by atoms with E-state index in [2.05, 4.69) is 5.32 Å². The van der Waals surface area contributed by atoms with Crippen molar-refractivity contribution in [3.63, 3.8) is 0 Å². The van der Waals surface area contributed by atoms with Crippen LogP contribution in [0.25, 0.3) is 0 Å². The van der Waals surface area contributed by atoms with Gasteiger partial charge in [0, 0.05) is 12.1 Å². The Labute approximate surface area is 114 Å². The fourth-order valence-corrected chi connectivity index (χ4v) is 1.69. The molecule has 1 aromatic rings. The van der Waals surface area contributed by atoms with E-state index >= 15 is 0 Å². The summed E-state index contributed by atoms with van der Waals surface area (Å²) in [7, 11) is 0. The Morgan fingerprint density at radius 1 is 1.39 bits per heavy atom. The number of aliphatic hydroxyl groups is 1. The lowest BCUT2D eigenvalue weighted by atomic mass is 10.1. The summed E-state index contributed by atoms with van der Waals surface area (Å²) >= 11 is 6.15. The van der Waals surface area contributed by atoms with E-state index in [1.54, 1.807) is 13.0 Å². The van der Waals surface area contributed by atoms with Crippen LogP contribution >= 0.6 is 11.6 Å².